The molecule has 3 rings (SSSR count). The summed E-state index contributed by atoms with van der Waals surface area (Å²) in [5.74, 6) is 1.36. The molecule has 0 bridgehead atoms. The van der Waals surface area contributed by atoms with Crippen LogP contribution in [0.3, 0.4) is 0 Å². The molecule has 0 aromatic heterocycles. The van der Waals surface area contributed by atoms with E-state index in [1.54, 1.807) is 19.1 Å². The number of alkyl carbamates (subject to hydrolysis) is 1. The summed E-state index contributed by atoms with van der Waals surface area (Å²) < 4.78 is 16.1. The normalized spacial score (nSPS) is 11.8. The van der Waals surface area contributed by atoms with E-state index in [4.69, 9.17) is 14.2 Å². The van der Waals surface area contributed by atoms with E-state index in [0.29, 0.717) is 19.5 Å². The van der Waals surface area contributed by atoms with Crippen LogP contribution in [-0.2, 0) is 29.0 Å². The molecule has 7 nitrogen and oxygen atoms in total. The fourth-order valence-corrected chi connectivity index (χ4v) is 4.54. The van der Waals surface area contributed by atoms with Gasteiger partial charge in [0.2, 0.25) is 5.91 Å². The Bertz CT molecular complexity index is 1160. The van der Waals surface area contributed by atoms with Gasteiger partial charge in [-0.3, -0.25) is 4.79 Å². The van der Waals surface area contributed by atoms with Crippen LogP contribution in [0.1, 0.15) is 63.1 Å². The highest BCUT2D eigenvalue weighted by Crippen LogP contribution is 2.20. The van der Waals surface area contributed by atoms with Crippen molar-refractivity contribution in [1.82, 2.24) is 10.2 Å². The summed E-state index contributed by atoms with van der Waals surface area (Å²) in [5.41, 5.74) is 2.56. The van der Waals surface area contributed by atoms with Crippen molar-refractivity contribution in [2.75, 3.05) is 14.2 Å². The van der Waals surface area contributed by atoms with Crippen LogP contribution in [0.5, 0.6) is 11.5 Å². The number of carbonyl (C=O) groups is 2. The van der Waals surface area contributed by atoms with Crippen LogP contribution in [0.4, 0.5) is 4.79 Å². The molecule has 3 aromatic carbocycles. The summed E-state index contributed by atoms with van der Waals surface area (Å²) >= 11 is 0. The van der Waals surface area contributed by atoms with E-state index in [9.17, 15) is 9.59 Å². The number of ether oxygens (including phenoxy) is 3. The van der Waals surface area contributed by atoms with Crippen LogP contribution >= 0.6 is 0 Å². The van der Waals surface area contributed by atoms with Gasteiger partial charge in [-0.1, -0.05) is 67.4 Å². The zero-order valence-corrected chi connectivity index (χ0v) is 25.0. The van der Waals surface area contributed by atoms with Crippen LogP contribution in [0.2, 0.25) is 0 Å². The maximum Gasteiger partial charge on any atom is 0.408 e. The van der Waals surface area contributed by atoms with E-state index < -0.39 is 17.7 Å². The van der Waals surface area contributed by atoms with Crippen molar-refractivity contribution >= 4 is 12.0 Å². The lowest BCUT2D eigenvalue weighted by Gasteiger charge is -2.29. The van der Waals surface area contributed by atoms with Gasteiger partial charge in [-0.25, -0.2) is 4.79 Å². The summed E-state index contributed by atoms with van der Waals surface area (Å²) in [5, 5.41) is 2.88. The fraction of sp³-hybridized carbons (Fsp3) is 0.412. The summed E-state index contributed by atoms with van der Waals surface area (Å²) in [6.45, 7) is 6.21. The number of hydrogen-bond acceptors (Lipinski definition) is 5. The largest absolute Gasteiger partial charge is 0.497 e. The van der Waals surface area contributed by atoms with Gasteiger partial charge in [-0.15, -0.1) is 0 Å². The van der Waals surface area contributed by atoms with Gasteiger partial charge in [0.1, 0.15) is 23.1 Å². The molecule has 0 saturated heterocycles. The van der Waals surface area contributed by atoms with Gasteiger partial charge in [0.15, 0.2) is 0 Å². The molecule has 1 atom stereocenters. The Morgan fingerprint density at radius 2 is 1.27 bits per heavy atom. The van der Waals surface area contributed by atoms with Crippen LogP contribution in [0.15, 0.2) is 78.9 Å². The number of benzene rings is 3. The molecular formula is C34H44N2O5. The Morgan fingerprint density at radius 3 is 1.76 bits per heavy atom. The Hall–Kier alpha value is -4.00. The summed E-state index contributed by atoms with van der Waals surface area (Å²) in [4.78, 5) is 28.7. The lowest BCUT2D eigenvalue weighted by Crippen LogP contribution is -2.49. The van der Waals surface area contributed by atoms with E-state index in [1.165, 1.54) is 5.56 Å². The monoisotopic (exact) mass is 560 g/mol. The zero-order valence-electron chi connectivity index (χ0n) is 25.0. The van der Waals surface area contributed by atoms with Crippen LogP contribution in [-0.4, -0.2) is 42.8 Å². The molecule has 0 aliphatic heterocycles. The second kappa shape index (κ2) is 15.7. The number of rotatable bonds is 14. The number of nitrogens with zero attached hydrogens (tertiary/aromatic N) is 1. The maximum atomic E-state index is 14.1. The number of carbonyl (C=O) groups excluding carboxylic acids is 2. The first-order valence-corrected chi connectivity index (χ1v) is 14.2. The first-order chi connectivity index (χ1) is 19.7. The van der Waals surface area contributed by atoms with Gasteiger partial charge in [-0.2, -0.15) is 0 Å². The lowest BCUT2D eigenvalue weighted by molar-refractivity contribution is -0.135. The van der Waals surface area contributed by atoms with Crippen molar-refractivity contribution < 1.29 is 23.8 Å². The molecule has 0 spiro atoms. The Morgan fingerprint density at radius 1 is 0.732 bits per heavy atom. The van der Waals surface area contributed by atoms with Crippen molar-refractivity contribution in [3.05, 3.63) is 95.6 Å². The third-order valence-corrected chi connectivity index (χ3v) is 6.67. The Balaban J connectivity index is 1.76. The second-order valence-electron chi connectivity index (χ2n) is 11.2. The van der Waals surface area contributed by atoms with Crippen molar-refractivity contribution in [3.63, 3.8) is 0 Å². The molecule has 2 amide bonds. The average Bonchev–Trinajstić information content (AvgIpc) is 2.96. The number of aryl methyl sites for hydroxylation is 1. The molecule has 220 valence electrons. The molecule has 1 N–H and O–H groups in total. The third-order valence-electron chi connectivity index (χ3n) is 6.67. The molecular weight excluding hydrogens is 516 g/mol. The van der Waals surface area contributed by atoms with Crippen molar-refractivity contribution in [1.29, 1.82) is 0 Å². The molecule has 0 unspecified atom stereocenters. The summed E-state index contributed by atoms with van der Waals surface area (Å²) in [6, 6.07) is 25.0. The summed E-state index contributed by atoms with van der Waals surface area (Å²) in [7, 11) is 3.25. The summed E-state index contributed by atoms with van der Waals surface area (Å²) in [6.07, 6.45) is 3.69. The lowest BCUT2D eigenvalue weighted by atomic mass is 10.0. The predicted octanol–water partition coefficient (Wildman–Crippen LogP) is 6.93. The molecule has 0 radical (unpaired) electrons. The number of hydrogen-bond donors (Lipinski definition) is 1. The highest BCUT2D eigenvalue weighted by atomic mass is 16.6. The molecule has 0 saturated carbocycles. The number of unbranched alkanes of at least 4 members (excludes halogenated alkanes) is 2. The van der Waals surface area contributed by atoms with Gasteiger partial charge in [0, 0.05) is 13.1 Å². The minimum atomic E-state index is -0.710. The van der Waals surface area contributed by atoms with E-state index in [2.05, 4.69) is 29.6 Å². The topological polar surface area (TPSA) is 77.1 Å². The first kappa shape index (κ1) is 31.5. The van der Waals surface area contributed by atoms with E-state index in [-0.39, 0.29) is 5.91 Å². The van der Waals surface area contributed by atoms with Crippen molar-refractivity contribution in [2.45, 2.75) is 77.6 Å². The molecule has 0 aliphatic carbocycles. The van der Waals surface area contributed by atoms with Gasteiger partial charge in [0.05, 0.1) is 14.2 Å². The minimum absolute atomic E-state index is 0.148. The number of methoxy groups -OCH3 is 2. The standard InChI is InChI=1S/C34H44N2O5/c1-34(2,3)41-33(38)35-31(15-11-7-10-14-26-12-8-6-9-13-26)32(37)36(24-27-16-20-29(39-4)21-17-27)25-28-18-22-30(40-5)23-19-28/h6,8-9,12-13,16-23,31H,7,10-11,14-15,24-25H2,1-5H3,(H,35,38)/t31-/m0/s1. The van der Waals surface area contributed by atoms with Crippen molar-refractivity contribution in [2.24, 2.45) is 0 Å². The van der Waals surface area contributed by atoms with Crippen molar-refractivity contribution in [3.8, 4) is 11.5 Å². The van der Waals surface area contributed by atoms with Crippen LogP contribution < -0.4 is 14.8 Å². The fourth-order valence-electron chi connectivity index (χ4n) is 4.54. The number of nitrogens with one attached hydrogen (secondary N) is 1. The highest BCUT2D eigenvalue weighted by molar-refractivity contribution is 5.85. The predicted molar refractivity (Wildman–Crippen MR) is 162 cm³/mol. The quantitative estimate of drug-likeness (QED) is 0.216. The molecule has 0 fully saturated rings. The van der Waals surface area contributed by atoms with Crippen LogP contribution in [0, 0.1) is 0 Å². The molecule has 0 aliphatic rings. The maximum absolute atomic E-state index is 14.1. The van der Waals surface area contributed by atoms with Gasteiger partial charge in [-0.05, 0) is 81.0 Å². The third kappa shape index (κ3) is 11.2. The van der Waals surface area contributed by atoms with E-state index in [1.807, 2.05) is 75.4 Å². The Labute approximate surface area is 244 Å². The molecule has 7 heteroatoms. The second-order valence-corrected chi connectivity index (χ2v) is 11.2. The highest BCUT2D eigenvalue weighted by Gasteiger charge is 2.28. The average molecular weight is 561 g/mol. The van der Waals surface area contributed by atoms with Gasteiger partial charge >= 0.3 is 6.09 Å². The first-order valence-electron chi connectivity index (χ1n) is 14.2. The van der Waals surface area contributed by atoms with E-state index >= 15 is 0 Å². The Kier molecular flexibility index (Phi) is 12.1. The molecule has 41 heavy (non-hydrogen) atoms. The number of amides is 2. The minimum Gasteiger partial charge on any atom is -0.497 e. The van der Waals surface area contributed by atoms with Crippen LogP contribution in [0.25, 0.3) is 0 Å². The van der Waals surface area contributed by atoms with Gasteiger partial charge < -0.3 is 24.4 Å². The van der Waals surface area contributed by atoms with Gasteiger partial charge in [0.25, 0.3) is 0 Å². The molecule has 0 heterocycles. The molecule has 3 aromatic rings. The van der Waals surface area contributed by atoms with E-state index in [0.717, 1.165) is 48.3 Å². The zero-order chi connectivity index (χ0) is 29.7. The SMILES string of the molecule is COc1ccc(CN(Cc2ccc(OC)cc2)C(=O)[C@H](CCCCCc2ccccc2)NC(=O)OC(C)(C)C)cc1. The smallest absolute Gasteiger partial charge is 0.408 e.